The molecule has 2 unspecified atom stereocenters. The van der Waals surface area contributed by atoms with Crippen LogP contribution in [0.2, 0.25) is 0 Å². The van der Waals surface area contributed by atoms with Gasteiger partial charge in [-0.05, 0) is 26.8 Å². The van der Waals surface area contributed by atoms with Gasteiger partial charge in [-0.15, -0.1) is 0 Å². The molecule has 3 heteroatoms. The van der Waals surface area contributed by atoms with Gasteiger partial charge in [0, 0.05) is 13.1 Å². The predicted octanol–water partition coefficient (Wildman–Crippen LogP) is 0.478. The van der Waals surface area contributed by atoms with Crippen LogP contribution < -0.4 is 0 Å². The van der Waals surface area contributed by atoms with Gasteiger partial charge in [-0.2, -0.15) is 0 Å². The van der Waals surface area contributed by atoms with Crippen LogP contribution in [0.3, 0.4) is 0 Å². The summed E-state index contributed by atoms with van der Waals surface area (Å²) in [5.74, 6) is 0. The van der Waals surface area contributed by atoms with Crippen molar-refractivity contribution in [2.75, 3.05) is 26.7 Å². The zero-order valence-corrected chi connectivity index (χ0v) is 7.99. The first kappa shape index (κ1) is 9.96. The van der Waals surface area contributed by atoms with Gasteiger partial charge in [0.1, 0.15) is 0 Å². The quantitative estimate of drug-likeness (QED) is 0.671. The monoisotopic (exact) mass is 173 g/mol. The Morgan fingerprint density at radius 3 is 2.75 bits per heavy atom. The fraction of sp³-hybridized carbons (Fsp3) is 1.00. The second kappa shape index (κ2) is 4.80. The third-order valence-electron chi connectivity index (χ3n) is 2.32. The molecule has 12 heavy (non-hydrogen) atoms. The second-order valence-corrected chi connectivity index (χ2v) is 3.63. The van der Waals surface area contributed by atoms with Crippen LogP contribution in [0, 0.1) is 0 Å². The lowest BCUT2D eigenvalue weighted by Crippen LogP contribution is -2.31. The molecule has 1 saturated heterocycles. The molecule has 1 rings (SSSR count). The van der Waals surface area contributed by atoms with Gasteiger partial charge < -0.3 is 14.7 Å². The lowest BCUT2D eigenvalue weighted by Gasteiger charge is -2.19. The maximum Gasteiger partial charge on any atom is 0.0706 e. The van der Waals surface area contributed by atoms with Crippen molar-refractivity contribution >= 4 is 0 Å². The molecule has 0 aliphatic carbocycles. The molecular formula is C9H19NO2. The third kappa shape index (κ3) is 3.09. The van der Waals surface area contributed by atoms with Crippen molar-refractivity contribution in [3.8, 4) is 0 Å². The number of nitrogens with zero attached hydrogens (tertiary/aromatic N) is 1. The first-order chi connectivity index (χ1) is 5.72. The van der Waals surface area contributed by atoms with Crippen LogP contribution >= 0.6 is 0 Å². The Labute approximate surface area is 74.3 Å². The molecule has 0 saturated carbocycles. The van der Waals surface area contributed by atoms with E-state index in [-0.39, 0.29) is 6.61 Å². The molecule has 3 nitrogen and oxygen atoms in total. The molecule has 1 aliphatic heterocycles. The van der Waals surface area contributed by atoms with Crippen LogP contribution in [-0.2, 0) is 4.74 Å². The normalized spacial score (nSPS) is 30.0. The Balaban J connectivity index is 2.14. The average Bonchev–Trinajstić information content (AvgIpc) is 2.36. The van der Waals surface area contributed by atoms with Crippen molar-refractivity contribution in [2.45, 2.75) is 32.0 Å². The van der Waals surface area contributed by atoms with E-state index in [9.17, 15) is 0 Å². The van der Waals surface area contributed by atoms with E-state index in [1.54, 1.807) is 0 Å². The first-order valence-corrected chi connectivity index (χ1v) is 4.67. The Morgan fingerprint density at radius 2 is 2.25 bits per heavy atom. The molecule has 1 N–H and O–H groups in total. The fourth-order valence-corrected chi connectivity index (χ4v) is 1.63. The minimum absolute atomic E-state index is 0.235. The number of likely N-dealkylation sites (N-methyl/N-ethyl adjacent to an activating group) is 1. The maximum absolute atomic E-state index is 8.68. The van der Waals surface area contributed by atoms with Crippen molar-refractivity contribution in [2.24, 2.45) is 0 Å². The van der Waals surface area contributed by atoms with E-state index < -0.39 is 0 Å². The number of rotatable bonds is 4. The van der Waals surface area contributed by atoms with Gasteiger partial charge in [0.25, 0.3) is 0 Å². The Kier molecular flexibility index (Phi) is 3.98. The second-order valence-electron chi connectivity index (χ2n) is 3.63. The van der Waals surface area contributed by atoms with Crippen LogP contribution in [0.25, 0.3) is 0 Å². The van der Waals surface area contributed by atoms with Crippen LogP contribution in [0.15, 0.2) is 0 Å². The van der Waals surface area contributed by atoms with E-state index in [0.717, 1.165) is 19.5 Å². The highest BCUT2D eigenvalue weighted by Gasteiger charge is 2.22. The Bertz CT molecular complexity index is 130. The summed E-state index contributed by atoms with van der Waals surface area (Å²) in [6, 6.07) is 0. The van der Waals surface area contributed by atoms with Crippen molar-refractivity contribution in [3.63, 3.8) is 0 Å². The van der Waals surface area contributed by atoms with Crippen molar-refractivity contribution in [1.82, 2.24) is 4.90 Å². The van der Waals surface area contributed by atoms with Gasteiger partial charge in [0.05, 0.1) is 18.8 Å². The molecule has 0 spiro atoms. The highest BCUT2D eigenvalue weighted by Crippen LogP contribution is 2.19. The van der Waals surface area contributed by atoms with Crippen LogP contribution in [0.1, 0.15) is 19.8 Å². The molecule has 1 aliphatic rings. The number of hydrogen-bond donors (Lipinski definition) is 1. The topological polar surface area (TPSA) is 32.7 Å². The van der Waals surface area contributed by atoms with Gasteiger partial charge in [-0.25, -0.2) is 0 Å². The minimum atomic E-state index is 0.235. The SMILES string of the molecule is CC1CCC(CN(C)CCO)O1. The molecule has 2 atom stereocenters. The highest BCUT2D eigenvalue weighted by molar-refractivity contribution is 4.72. The molecule has 1 heterocycles. The van der Waals surface area contributed by atoms with Crippen molar-refractivity contribution in [1.29, 1.82) is 0 Å². The number of hydrogen-bond acceptors (Lipinski definition) is 3. The molecule has 72 valence electrons. The van der Waals surface area contributed by atoms with E-state index in [0.29, 0.717) is 12.2 Å². The molecule has 0 bridgehead atoms. The smallest absolute Gasteiger partial charge is 0.0706 e. The molecule has 0 aromatic rings. The Morgan fingerprint density at radius 1 is 1.50 bits per heavy atom. The standard InChI is InChI=1S/C9H19NO2/c1-8-3-4-9(12-8)7-10(2)5-6-11/h8-9,11H,3-7H2,1-2H3. The summed E-state index contributed by atoms with van der Waals surface area (Å²) in [5.41, 5.74) is 0. The fourth-order valence-electron chi connectivity index (χ4n) is 1.63. The van der Waals surface area contributed by atoms with E-state index in [1.807, 2.05) is 7.05 Å². The van der Waals surface area contributed by atoms with Crippen LogP contribution in [0.4, 0.5) is 0 Å². The lowest BCUT2D eigenvalue weighted by molar-refractivity contribution is 0.0339. The van der Waals surface area contributed by atoms with Crippen molar-refractivity contribution in [3.05, 3.63) is 0 Å². The largest absolute Gasteiger partial charge is 0.395 e. The number of aliphatic hydroxyl groups excluding tert-OH is 1. The van der Waals surface area contributed by atoms with E-state index in [1.165, 1.54) is 6.42 Å². The molecular weight excluding hydrogens is 154 g/mol. The molecule has 0 radical (unpaired) electrons. The maximum atomic E-state index is 8.68. The van der Waals surface area contributed by atoms with Crippen LogP contribution in [-0.4, -0.2) is 49.0 Å². The number of ether oxygens (including phenoxy) is 1. The summed E-state index contributed by atoms with van der Waals surface area (Å²) < 4.78 is 5.65. The van der Waals surface area contributed by atoms with E-state index in [4.69, 9.17) is 9.84 Å². The number of aliphatic hydroxyl groups is 1. The molecule has 0 aromatic heterocycles. The molecule has 0 aromatic carbocycles. The zero-order chi connectivity index (χ0) is 8.97. The van der Waals surface area contributed by atoms with Gasteiger partial charge in [0.2, 0.25) is 0 Å². The molecule has 0 amide bonds. The summed E-state index contributed by atoms with van der Waals surface area (Å²) in [5, 5.41) is 8.68. The first-order valence-electron chi connectivity index (χ1n) is 4.67. The van der Waals surface area contributed by atoms with Crippen LogP contribution in [0.5, 0.6) is 0 Å². The molecule has 1 fully saturated rings. The van der Waals surface area contributed by atoms with E-state index >= 15 is 0 Å². The van der Waals surface area contributed by atoms with Crippen molar-refractivity contribution < 1.29 is 9.84 Å². The summed E-state index contributed by atoms with van der Waals surface area (Å²) in [6.07, 6.45) is 3.16. The zero-order valence-electron chi connectivity index (χ0n) is 7.99. The van der Waals surface area contributed by atoms with Gasteiger partial charge in [-0.1, -0.05) is 0 Å². The van der Waals surface area contributed by atoms with Gasteiger partial charge in [-0.3, -0.25) is 0 Å². The minimum Gasteiger partial charge on any atom is -0.395 e. The summed E-state index contributed by atoms with van der Waals surface area (Å²) >= 11 is 0. The highest BCUT2D eigenvalue weighted by atomic mass is 16.5. The van der Waals surface area contributed by atoms with E-state index in [2.05, 4.69) is 11.8 Å². The summed E-state index contributed by atoms with van der Waals surface area (Å²) in [7, 11) is 2.02. The third-order valence-corrected chi connectivity index (χ3v) is 2.32. The van der Waals surface area contributed by atoms with Gasteiger partial charge in [0.15, 0.2) is 0 Å². The Hall–Kier alpha value is -0.120. The summed E-state index contributed by atoms with van der Waals surface area (Å²) in [4.78, 5) is 2.11. The summed E-state index contributed by atoms with van der Waals surface area (Å²) in [6.45, 7) is 4.05. The average molecular weight is 173 g/mol. The predicted molar refractivity (Wildman–Crippen MR) is 48.2 cm³/mol. The lowest BCUT2D eigenvalue weighted by atomic mass is 10.2. The van der Waals surface area contributed by atoms with Gasteiger partial charge >= 0.3 is 0 Å².